The van der Waals surface area contributed by atoms with Gasteiger partial charge in [0.1, 0.15) is 5.60 Å². The van der Waals surface area contributed by atoms with E-state index in [1.165, 1.54) is 6.92 Å². The first-order valence-corrected chi connectivity index (χ1v) is 7.17. The van der Waals surface area contributed by atoms with Crippen molar-refractivity contribution in [1.82, 2.24) is 0 Å². The number of allylic oxidation sites excluding steroid dienone is 3. The van der Waals surface area contributed by atoms with E-state index in [4.69, 9.17) is 9.47 Å². The van der Waals surface area contributed by atoms with E-state index in [9.17, 15) is 4.79 Å². The van der Waals surface area contributed by atoms with Crippen LogP contribution in [0.25, 0.3) is 0 Å². The van der Waals surface area contributed by atoms with E-state index in [-0.39, 0.29) is 17.0 Å². The Kier molecular flexibility index (Phi) is 2.17. The molecule has 2 fully saturated rings. The minimum absolute atomic E-state index is 0.164. The Labute approximate surface area is 113 Å². The Morgan fingerprint density at radius 3 is 2.89 bits per heavy atom. The van der Waals surface area contributed by atoms with Crippen molar-refractivity contribution in [3.8, 4) is 0 Å². The molecule has 3 heteroatoms. The van der Waals surface area contributed by atoms with Gasteiger partial charge >= 0.3 is 5.97 Å². The molecule has 0 saturated heterocycles. The molecule has 102 valence electrons. The SMILES string of the molecule is COC[C@@]12C[C@@]3(OC(C)=O)C=C[C@H]4C=CC1C2C[C@H]43. The Morgan fingerprint density at radius 2 is 2.16 bits per heavy atom. The van der Waals surface area contributed by atoms with Gasteiger partial charge in [-0.05, 0) is 30.8 Å². The summed E-state index contributed by atoms with van der Waals surface area (Å²) in [7, 11) is 1.77. The van der Waals surface area contributed by atoms with Crippen LogP contribution in [0.5, 0.6) is 0 Å². The van der Waals surface area contributed by atoms with Crippen molar-refractivity contribution in [1.29, 1.82) is 0 Å². The van der Waals surface area contributed by atoms with Crippen molar-refractivity contribution < 1.29 is 14.3 Å². The molecule has 4 aliphatic carbocycles. The molecule has 2 unspecified atom stereocenters. The molecule has 6 atom stereocenters. The zero-order valence-electron chi connectivity index (χ0n) is 11.5. The van der Waals surface area contributed by atoms with Gasteiger partial charge in [0.15, 0.2) is 0 Å². The first-order chi connectivity index (χ1) is 9.11. The summed E-state index contributed by atoms with van der Waals surface area (Å²) in [4.78, 5) is 11.5. The maximum atomic E-state index is 11.5. The van der Waals surface area contributed by atoms with E-state index < -0.39 is 0 Å². The number of carbonyl (C=O) groups excluding carboxylic acids is 1. The van der Waals surface area contributed by atoms with Crippen molar-refractivity contribution in [3.63, 3.8) is 0 Å². The first-order valence-electron chi connectivity index (χ1n) is 7.17. The highest BCUT2D eigenvalue weighted by atomic mass is 16.6. The highest BCUT2D eigenvalue weighted by Crippen LogP contribution is 2.73. The molecule has 0 heterocycles. The lowest BCUT2D eigenvalue weighted by Crippen LogP contribution is -2.46. The second-order valence-electron chi connectivity index (χ2n) is 6.69. The molecule has 0 N–H and O–H groups in total. The van der Waals surface area contributed by atoms with Crippen LogP contribution < -0.4 is 0 Å². The lowest BCUT2D eigenvalue weighted by molar-refractivity contribution is -0.163. The summed E-state index contributed by atoms with van der Waals surface area (Å²) in [6.07, 6.45) is 11.2. The van der Waals surface area contributed by atoms with Crippen LogP contribution in [0.15, 0.2) is 24.3 Å². The second-order valence-corrected chi connectivity index (χ2v) is 6.69. The number of hydrogen-bond donors (Lipinski definition) is 0. The standard InChI is InChI=1S/C16H20O3/c1-10(17)19-16-6-5-11-3-4-12-14(7-13(11)16)15(12,8-16)9-18-2/h3-6,11-14H,7-9H2,1-2H3/t11-,12?,13-,14?,15+,16+/m1/s1. The van der Waals surface area contributed by atoms with Crippen molar-refractivity contribution in [2.45, 2.75) is 25.4 Å². The van der Waals surface area contributed by atoms with Crippen LogP contribution in [0.1, 0.15) is 19.8 Å². The summed E-state index contributed by atoms with van der Waals surface area (Å²) >= 11 is 0. The van der Waals surface area contributed by atoms with Crippen LogP contribution in [-0.2, 0) is 14.3 Å². The fourth-order valence-corrected chi connectivity index (χ4v) is 5.14. The molecule has 0 aromatic rings. The lowest BCUT2D eigenvalue weighted by atomic mass is 9.69. The van der Waals surface area contributed by atoms with Gasteiger partial charge in [-0.2, -0.15) is 0 Å². The molecule has 19 heavy (non-hydrogen) atoms. The van der Waals surface area contributed by atoms with Crippen molar-refractivity contribution >= 4 is 5.97 Å². The number of rotatable bonds is 3. The molecule has 4 aliphatic rings. The van der Waals surface area contributed by atoms with Gasteiger partial charge in [0.25, 0.3) is 0 Å². The van der Waals surface area contributed by atoms with Crippen molar-refractivity contribution in [2.24, 2.45) is 29.1 Å². The number of methoxy groups -OCH3 is 1. The minimum Gasteiger partial charge on any atom is -0.455 e. The Hall–Kier alpha value is -1.09. The summed E-state index contributed by atoms with van der Waals surface area (Å²) < 4.78 is 11.3. The topological polar surface area (TPSA) is 35.5 Å². The van der Waals surface area contributed by atoms with Gasteiger partial charge < -0.3 is 9.47 Å². The van der Waals surface area contributed by atoms with E-state index in [1.54, 1.807) is 7.11 Å². The van der Waals surface area contributed by atoms with E-state index in [0.717, 1.165) is 25.4 Å². The lowest BCUT2D eigenvalue weighted by Gasteiger charge is -2.43. The Bertz CT molecular complexity index is 494. The number of hydrogen-bond acceptors (Lipinski definition) is 3. The molecular weight excluding hydrogens is 240 g/mol. The summed E-state index contributed by atoms with van der Waals surface area (Å²) in [5, 5.41) is 0. The summed E-state index contributed by atoms with van der Waals surface area (Å²) in [5.74, 6) is 2.07. The van der Waals surface area contributed by atoms with Gasteiger partial charge in [-0.3, -0.25) is 4.79 Å². The summed E-state index contributed by atoms with van der Waals surface area (Å²) in [5.41, 5.74) is -0.165. The van der Waals surface area contributed by atoms with Gasteiger partial charge in [-0.15, -0.1) is 0 Å². The second kappa shape index (κ2) is 3.51. The van der Waals surface area contributed by atoms with Crippen LogP contribution in [-0.4, -0.2) is 25.3 Å². The predicted molar refractivity (Wildman–Crippen MR) is 70.3 cm³/mol. The number of ether oxygens (including phenoxy) is 2. The third kappa shape index (κ3) is 1.34. The molecule has 0 radical (unpaired) electrons. The molecular formula is C16H20O3. The summed E-state index contributed by atoms with van der Waals surface area (Å²) in [6.45, 7) is 2.30. The van der Waals surface area contributed by atoms with Gasteiger partial charge in [0.2, 0.25) is 0 Å². The molecule has 0 aromatic carbocycles. The van der Waals surface area contributed by atoms with Crippen molar-refractivity contribution in [2.75, 3.05) is 13.7 Å². The minimum atomic E-state index is -0.370. The Balaban J connectivity index is 1.76. The van der Waals surface area contributed by atoms with Crippen LogP contribution in [0.2, 0.25) is 0 Å². The maximum absolute atomic E-state index is 11.5. The molecule has 0 aliphatic heterocycles. The third-order valence-corrected chi connectivity index (χ3v) is 5.82. The highest BCUT2D eigenvalue weighted by molar-refractivity contribution is 5.67. The highest BCUT2D eigenvalue weighted by Gasteiger charge is 2.72. The smallest absolute Gasteiger partial charge is 0.303 e. The van der Waals surface area contributed by atoms with Crippen LogP contribution in [0, 0.1) is 29.1 Å². The quantitative estimate of drug-likeness (QED) is 0.577. The van der Waals surface area contributed by atoms with Crippen molar-refractivity contribution in [3.05, 3.63) is 24.3 Å². The number of carbonyl (C=O) groups is 1. The first kappa shape index (κ1) is 11.7. The predicted octanol–water partition coefficient (Wildman–Crippen LogP) is 2.33. The van der Waals surface area contributed by atoms with E-state index in [2.05, 4.69) is 24.3 Å². The Morgan fingerprint density at radius 1 is 1.32 bits per heavy atom. The average molecular weight is 260 g/mol. The maximum Gasteiger partial charge on any atom is 0.303 e. The molecule has 0 aromatic heterocycles. The number of esters is 1. The van der Waals surface area contributed by atoms with Crippen LogP contribution in [0.3, 0.4) is 0 Å². The van der Waals surface area contributed by atoms with E-state index in [0.29, 0.717) is 17.8 Å². The fraction of sp³-hybridized carbons (Fsp3) is 0.688. The van der Waals surface area contributed by atoms with Crippen LogP contribution in [0.4, 0.5) is 0 Å². The van der Waals surface area contributed by atoms with E-state index >= 15 is 0 Å². The zero-order chi connectivity index (χ0) is 13.3. The largest absolute Gasteiger partial charge is 0.455 e. The van der Waals surface area contributed by atoms with Gasteiger partial charge in [0.05, 0.1) is 6.61 Å². The average Bonchev–Trinajstić information content (AvgIpc) is 2.85. The molecule has 0 amide bonds. The van der Waals surface area contributed by atoms with Gasteiger partial charge in [-0.1, -0.05) is 18.2 Å². The normalized spacial score (nSPS) is 51.9. The van der Waals surface area contributed by atoms with Gasteiger partial charge in [0, 0.05) is 31.3 Å². The van der Waals surface area contributed by atoms with Crippen LogP contribution >= 0.6 is 0 Å². The fourth-order valence-electron chi connectivity index (χ4n) is 5.14. The molecule has 0 spiro atoms. The third-order valence-electron chi connectivity index (χ3n) is 5.82. The zero-order valence-corrected chi connectivity index (χ0v) is 11.5. The molecule has 2 bridgehead atoms. The molecule has 2 saturated carbocycles. The molecule has 3 nitrogen and oxygen atoms in total. The number of fused-ring (bicyclic) bond motifs is 1. The van der Waals surface area contributed by atoms with E-state index in [1.807, 2.05) is 0 Å². The molecule has 4 rings (SSSR count). The summed E-state index contributed by atoms with van der Waals surface area (Å²) in [6, 6.07) is 0. The van der Waals surface area contributed by atoms with Gasteiger partial charge in [-0.25, -0.2) is 0 Å². The monoisotopic (exact) mass is 260 g/mol.